The fraction of sp³-hybridized carbons (Fsp3) is 0.538. The molecule has 1 aliphatic heterocycles. The van der Waals surface area contributed by atoms with E-state index < -0.39 is 0 Å². The third kappa shape index (κ3) is 1.43. The summed E-state index contributed by atoms with van der Waals surface area (Å²) in [6.45, 7) is 0.552. The Labute approximate surface area is 99.6 Å². The molecule has 0 bridgehead atoms. The number of carbonyl (C=O) groups excluding carboxylic acids is 1. The van der Waals surface area contributed by atoms with Crippen LogP contribution in [0.5, 0.6) is 0 Å². The average Bonchev–Trinajstić information content (AvgIpc) is 2.78. The quantitative estimate of drug-likeness (QED) is 0.429. The molecule has 4 nitrogen and oxygen atoms in total. The molecular formula is C13H15NO3. The molecule has 1 saturated carbocycles. The first-order valence-corrected chi connectivity index (χ1v) is 6.04. The van der Waals surface area contributed by atoms with Gasteiger partial charge in [0, 0.05) is 12.0 Å². The summed E-state index contributed by atoms with van der Waals surface area (Å²) in [5.74, 6) is 0.804. The fourth-order valence-corrected chi connectivity index (χ4v) is 3.14. The molecule has 1 atom stereocenters. The second kappa shape index (κ2) is 3.72. The van der Waals surface area contributed by atoms with E-state index in [0.717, 1.165) is 36.9 Å². The minimum atomic E-state index is -0.352. The SMILES string of the molecule is O=CC12CCCC1=CC1=C(C2)C(=NO)CCO1. The van der Waals surface area contributed by atoms with E-state index in [4.69, 9.17) is 9.94 Å². The molecule has 90 valence electrons. The number of hydrogen-bond acceptors (Lipinski definition) is 4. The van der Waals surface area contributed by atoms with Gasteiger partial charge < -0.3 is 14.7 Å². The van der Waals surface area contributed by atoms with Crippen molar-refractivity contribution in [2.75, 3.05) is 6.61 Å². The maximum Gasteiger partial charge on any atom is 0.130 e. The highest BCUT2D eigenvalue weighted by Gasteiger charge is 2.43. The number of rotatable bonds is 1. The molecule has 0 spiro atoms. The number of hydrogen-bond donors (Lipinski definition) is 1. The molecule has 0 radical (unpaired) electrons. The maximum atomic E-state index is 11.4. The summed E-state index contributed by atoms with van der Waals surface area (Å²) in [5.41, 5.74) is 2.42. The zero-order chi connectivity index (χ0) is 11.9. The second-order valence-electron chi connectivity index (χ2n) is 4.96. The molecule has 0 saturated heterocycles. The molecule has 0 amide bonds. The fourth-order valence-electron chi connectivity index (χ4n) is 3.14. The Bertz CT molecular complexity index is 461. The lowest BCUT2D eigenvalue weighted by Gasteiger charge is -2.33. The van der Waals surface area contributed by atoms with Crippen LogP contribution in [-0.2, 0) is 9.53 Å². The van der Waals surface area contributed by atoms with Crippen LogP contribution in [-0.4, -0.2) is 23.8 Å². The molecule has 1 heterocycles. The van der Waals surface area contributed by atoms with Crippen LogP contribution >= 0.6 is 0 Å². The van der Waals surface area contributed by atoms with E-state index in [0.29, 0.717) is 25.2 Å². The van der Waals surface area contributed by atoms with Gasteiger partial charge in [-0.3, -0.25) is 0 Å². The molecule has 0 aromatic rings. The first kappa shape index (κ1) is 10.6. The van der Waals surface area contributed by atoms with Gasteiger partial charge >= 0.3 is 0 Å². The zero-order valence-corrected chi connectivity index (χ0v) is 9.61. The normalized spacial score (nSPS) is 33.9. The van der Waals surface area contributed by atoms with Gasteiger partial charge in [0.15, 0.2) is 0 Å². The summed E-state index contributed by atoms with van der Waals surface area (Å²) in [6.07, 6.45) is 7.24. The van der Waals surface area contributed by atoms with E-state index in [1.807, 2.05) is 6.08 Å². The molecule has 17 heavy (non-hydrogen) atoms. The third-order valence-electron chi connectivity index (χ3n) is 4.09. The van der Waals surface area contributed by atoms with Crippen LogP contribution in [0.25, 0.3) is 0 Å². The van der Waals surface area contributed by atoms with Crippen molar-refractivity contribution in [2.24, 2.45) is 10.6 Å². The van der Waals surface area contributed by atoms with Gasteiger partial charge in [0.25, 0.3) is 0 Å². The van der Waals surface area contributed by atoms with E-state index in [2.05, 4.69) is 5.16 Å². The van der Waals surface area contributed by atoms with Gasteiger partial charge in [0.05, 0.1) is 17.7 Å². The van der Waals surface area contributed by atoms with Gasteiger partial charge in [-0.25, -0.2) is 0 Å². The van der Waals surface area contributed by atoms with Crippen molar-refractivity contribution in [3.8, 4) is 0 Å². The van der Waals surface area contributed by atoms with Gasteiger partial charge in [-0.1, -0.05) is 10.7 Å². The minimum absolute atomic E-state index is 0.352. The van der Waals surface area contributed by atoms with Gasteiger partial charge in [-0.15, -0.1) is 0 Å². The molecule has 0 aromatic carbocycles. The summed E-state index contributed by atoms with van der Waals surface area (Å²) >= 11 is 0. The largest absolute Gasteiger partial charge is 0.493 e. The molecule has 3 aliphatic rings. The van der Waals surface area contributed by atoms with Crippen molar-refractivity contribution in [3.05, 3.63) is 23.0 Å². The monoisotopic (exact) mass is 233 g/mol. The molecule has 1 N–H and O–H groups in total. The average molecular weight is 233 g/mol. The van der Waals surface area contributed by atoms with E-state index in [9.17, 15) is 4.79 Å². The number of fused-ring (bicyclic) bond motifs is 1. The van der Waals surface area contributed by atoms with Gasteiger partial charge in [0.2, 0.25) is 0 Å². The van der Waals surface area contributed by atoms with Crippen molar-refractivity contribution in [2.45, 2.75) is 32.1 Å². The van der Waals surface area contributed by atoms with Gasteiger partial charge in [0.1, 0.15) is 12.0 Å². The first-order valence-electron chi connectivity index (χ1n) is 6.04. The van der Waals surface area contributed by atoms with Crippen LogP contribution in [0, 0.1) is 5.41 Å². The Balaban J connectivity index is 2.07. The Hall–Kier alpha value is -1.58. The molecular weight excluding hydrogens is 218 g/mol. The first-order chi connectivity index (χ1) is 8.29. The van der Waals surface area contributed by atoms with E-state index >= 15 is 0 Å². The highest BCUT2D eigenvalue weighted by atomic mass is 16.5. The Kier molecular flexibility index (Phi) is 2.31. The van der Waals surface area contributed by atoms with Crippen LogP contribution in [0.1, 0.15) is 32.1 Å². The minimum Gasteiger partial charge on any atom is -0.493 e. The topological polar surface area (TPSA) is 58.9 Å². The smallest absolute Gasteiger partial charge is 0.130 e. The second-order valence-corrected chi connectivity index (χ2v) is 4.96. The Morgan fingerprint density at radius 1 is 1.47 bits per heavy atom. The highest BCUT2D eigenvalue weighted by molar-refractivity contribution is 6.02. The number of aldehydes is 1. The standard InChI is InChI=1S/C13H15NO3/c15-8-13-4-1-2-9(13)6-12-10(7-13)11(14-16)3-5-17-12/h6,8,16H,1-5,7H2. The van der Waals surface area contributed by atoms with Crippen LogP contribution in [0.4, 0.5) is 0 Å². The van der Waals surface area contributed by atoms with Crippen LogP contribution in [0.15, 0.2) is 28.1 Å². The van der Waals surface area contributed by atoms with E-state index in [-0.39, 0.29) is 5.41 Å². The summed E-state index contributed by atoms with van der Waals surface area (Å²) in [5, 5.41) is 12.4. The number of allylic oxidation sites excluding steroid dienone is 3. The summed E-state index contributed by atoms with van der Waals surface area (Å²) in [4.78, 5) is 11.4. The summed E-state index contributed by atoms with van der Waals surface area (Å²) in [7, 11) is 0. The maximum absolute atomic E-state index is 11.4. The lowest BCUT2D eigenvalue weighted by Crippen LogP contribution is -2.30. The van der Waals surface area contributed by atoms with Crippen molar-refractivity contribution in [3.63, 3.8) is 0 Å². The number of nitrogens with zero attached hydrogens (tertiary/aromatic N) is 1. The predicted molar refractivity (Wildman–Crippen MR) is 61.9 cm³/mol. The lowest BCUT2D eigenvalue weighted by atomic mass is 9.73. The Morgan fingerprint density at radius 3 is 3.12 bits per heavy atom. The van der Waals surface area contributed by atoms with Gasteiger partial charge in [-0.2, -0.15) is 0 Å². The van der Waals surface area contributed by atoms with Gasteiger partial charge in [-0.05, 0) is 31.8 Å². The highest BCUT2D eigenvalue weighted by Crippen LogP contribution is 2.50. The third-order valence-corrected chi connectivity index (χ3v) is 4.09. The molecule has 2 aliphatic carbocycles. The number of carbonyl (C=O) groups is 1. The van der Waals surface area contributed by atoms with Crippen LogP contribution in [0.2, 0.25) is 0 Å². The van der Waals surface area contributed by atoms with E-state index in [1.165, 1.54) is 5.57 Å². The summed E-state index contributed by atoms with van der Waals surface area (Å²) < 4.78 is 5.61. The Morgan fingerprint density at radius 2 is 2.35 bits per heavy atom. The van der Waals surface area contributed by atoms with Crippen LogP contribution in [0.3, 0.4) is 0 Å². The number of oxime groups is 1. The van der Waals surface area contributed by atoms with Crippen molar-refractivity contribution < 1.29 is 14.7 Å². The van der Waals surface area contributed by atoms with Crippen molar-refractivity contribution in [1.29, 1.82) is 0 Å². The summed E-state index contributed by atoms with van der Waals surface area (Å²) in [6, 6.07) is 0. The molecule has 3 rings (SSSR count). The molecule has 1 fully saturated rings. The zero-order valence-electron chi connectivity index (χ0n) is 9.61. The van der Waals surface area contributed by atoms with E-state index in [1.54, 1.807) is 0 Å². The lowest BCUT2D eigenvalue weighted by molar-refractivity contribution is -0.114. The molecule has 1 unspecified atom stereocenters. The molecule has 4 heteroatoms. The van der Waals surface area contributed by atoms with Crippen molar-refractivity contribution in [1.82, 2.24) is 0 Å². The number of ether oxygens (including phenoxy) is 1. The predicted octanol–water partition coefficient (Wildman–Crippen LogP) is 2.19. The van der Waals surface area contributed by atoms with Crippen molar-refractivity contribution >= 4 is 12.0 Å². The molecule has 0 aromatic heterocycles. The van der Waals surface area contributed by atoms with Crippen LogP contribution < -0.4 is 0 Å².